The summed E-state index contributed by atoms with van der Waals surface area (Å²) in [6.45, 7) is 5.26. The molecule has 0 aromatic heterocycles. The Bertz CT molecular complexity index is 944. The standard InChI is InChI=1S/C26H33N3O4/c1-2-32-24-17-20(11-12-23(24)33-19-25(30)28-14-7-4-8-15-28)26(31)29-16-13-22(18-29)27-21-9-5-3-6-10-21/h3,5-6,9-12,17,22,27H,2,4,7-8,13-16,18-19H2,1H3. The third-order valence-corrected chi connectivity index (χ3v) is 6.17. The zero-order valence-electron chi connectivity index (χ0n) is 19.3. The Balaban J connectivity index is 1.37. The second-order valence-corrected chi connectivity index (χ2v) is 8.57. The second-order valence-electron chi connectivity index (χ2n) is 8.57. The van der Waals surface area contributed by atoms with E-state index >= 15 is 0 Å². The molecule has 0 aliphatic carbocycles. The van der Waals surface area contributed by atoms with Crippen molar-refractivity contribution in [2.75, 3.05) is 44.7 Å². The Morgan fingerprint density at radius 3 is 2.48 bits per heavy atom. The summed E-state index contributed by atoms with van der Waals surface area (Å²) in [4.78, 5) is 29.3. The number of hydrogen-bond donors (Lipinski definition) is 1. The van der Waals surface area contributed by atoms with Gasteiger partial charge in [-0.2, -0.15) is 0 Å². The number of nitrogens with zero attached hydrogens (tertiary/aromatic N) is 2. The highest BCUT2D eigenvalue weighted by molar-refractivity contribution is 5.95. The zero-order valence-corrected chi connectivity index (χ0v) is 19.3. The topological polar surface area (TPSA) is 71.1 Å². The Morgan fingerprint density at radius 2 is 1.73 bits per heavy atom. The molecule has 7 nitrogen and oxygen atoms in total. The number of rotatable bonds is 8. The van der Waals surface area contributed by atoms with Crippen LogP contribution in [0, 0.1) is 0 Å². The maximum Gasteiger partial charge on any atom is 0.260 e. The smallest absolute Gasteiger partial charge is 0.260 e. The number of hydrogen-bond acceptors (Lipinski definition) is 5. The number of anilines is 1. The molecule has 2 aromatic rings. The number of benzene rings is 2. The highest BCUT2D eigenvalue weighted by atomic mass is 16.5. The quantitative estimate of drug-likeness (QED) is 0.661. The minimum absolute atomic E-state index is 0.00803. The van der Waals surface area contributed by atoms with E-state index in [4.69, 9.17) is 9.47 Å². The molecule has 1 atom stereocenters. The molecule has 0 bridgehead atoms. The number of nitrogens with one attached hydrogen (secondary N) is 1. The molecule has 2 fully saturated rings. The summed E-state index contributed by atoms with van der Waals surface area (Å²) in [5.41, 5.74) is 1.63. The summed E-state index contributed by atoms with van der Waals surface area (Å²) in [7, 11) is 0. The van der Waals surface area contributed by atoms with Crippen LogP contribution in [0.5, 0.6) is 11.5 Å². The highest BCUT2D eigenvalue weighted by Gasteiger charge is 2.27. The summed E-state index contributed by atoms with van der Waals surface area (Å²) in [6, 6.07) is 15.5. The van der Waals surface area contributed by atoms with Crippen LogP contribution < -0.4 is 14.8 Å². The first-order chi connectivity index (χ1) is 16.1. The van der Waals surface area contributed by atoms with Crippen molar-refractivity contribution < 1.29 is 19.1 Å². The largest absolute Gasteiger partial charge is 0.490 e. The fourth-order valence-corrected chi connectivity index (χ4v) is 4.42. The molecule has 0 radical (unpaired) electrons. The van der Waals surface area contributed by atoms with Gasteiger partial charge in [-0.3, -0.25) is 9.59 Å². The maximum atomic E-state index is 13.1. The van der Waals surface area contributed by atoms with Crippen LogP contribution in [0.1, 0.15) is 43.0 Å². The minimum Gasteiger partial charge on any atom is -0.490 e. The van der Waals surface area contributed by atoms with E-state index in [1.807, 2.05) is 47.1 Å². The molecule has 1 unspecified atom stereocenters. The first kappa shape index (κ1) is 23.0. The van der Waals surface area contributed by atoms with Gasteiger partial charge in [0.15, 0.2) is 18.1 Å². The van der Waals surface area contributed by atoms with E-state index in [2.05, 4.69) is 5.32 Å². The zero-order chi connectivity index (χ0) is 23.0. The number of ether oxygens (including phenoxy) is 2. The first-order valence-electron chi connectivity index (χ1n) is 11.9. The van der Waals surface area contributed by atoms with Crippen molar-refractivity contribution in [3.05, 3.63) is 54.1 Å². The van der Waals surface area contributed by atoms with Crippen LogP contribution in [-0.4, -0.2) is 67.0 Å². The van der Waals surface area contributed by atoms with Gasteiger partial charge in [-0.15, -0.1) is 0 Å². The van der Waals surface area contributed by atoms with Crippen molar-refractivity contribution in [1.82, 2.24) is 9.80 Å². The van der Waals surface area contributed by atoms with E-state index in [1.165, 1.54) is 6.42 Å². The summed E-state index contributed by atoms with van der Waals surface area (Å²) in [5.74, 6) is 0.951. The van der Waals surface area contributed by atoms with E-state index in [1.54, 1.807) is 18.2 Å². The molecule has 2 aromatic carbocycles. The van der Waals surface area contributed by atoms with Gasteiger partial charge in [-0.05, 0) is 62.9 Å². The third-order valence-electron chi connectivity index (χ3n) is 6.17. The molecule has 2 amide bonds. The molecular formula is C26H33N3O4. The van der Waals surface area contributed by atoms with Gasteiger partial charge in [0, 0.05) is 43.5 Å². The van der Waals surface area contributed by atoms with Crippen LogP contribution in [0.2, 0.25) is 0 Å². The summed E-state index contributed by atoms with van der Waals surface area (Å²) >= 11 is 0. The minimum atomic E-state index is -0.0238. The summed E-state index contributed by atoms with van der Waals surface area (Å²) in [5, 5.41) is 3.50. The molecule has 7 heteroatoms. The Hall–Kier alpha value is -3.22. The van der Waals surface area contributed by atoms with Gasteiger partial charge in [-0.25, -0.2) is 0 Å². The van der Waals surface area contributed by atoms with E-state index < -0.39 is 0 Å². The van der Waals surface area contributed by atoms with Crippen molar-refractivity contribution in [3.63, 3.8) is 0 Å². The number of likely N-dealkylation sites (tertiary alicyclic amines) is 2. The molecule has 176 valence electrons. The normalized spacial score (nSPS) is 18.2. The van der Waals surface area contributed by atoms with Crippen LogP contribution in [0.3, 0.4) is 0 Å². The maximum absolute atomic E-state index is 13.1. The lowest BCUT2D eigenvalue weighted by atomic mass is 10.1. The third kappa shape index (κ3) is 5.97. The lowest BCUT2D eigenvalue weighted by Gasteiger charge is -2.26. The van der Waals surface area contributed by atoms with E-state index in [-0.39, 0.29) is 24.5 Å². The lowest BCUT2D eigenvalue weighted by Crippen LogP contribution is -2.38. The van der Waals surface area contributed by atoms with E-state index in [0.29, 0.717) is 36.8 Å². The average Bonchev–Trinajstić information content (AvgIpc) is 3.32. The van der Waals surface area contributed by atoms with Crippen molar-refractivity contribution in [1.29, 1.82) is 0 Å². The summed E-state index contributed by atoms with van der Waals surface area (Å²) in [6.07, 6.45) is 4.17. The molecule has 4 rings (SSSR count). The van der Waals surface area contributed by atoms with Crippen molar-refractivity contribution in [2.45, 2.75) is 38.6 Å². The molecule has 2 aliphatic rings. The van der Waals surface area contributed by atoms with Gasteiger partial charge < -0.3 is 24.6 Å². The number of para-hydroxylation sites is 1. The van der Waals surface area contributed by atoms with Gasteiger partial charge in [-0.1, -0.05) is 18.2 Å². The van der Waals surface area contributed by atoms with E-state index in [9.17, 15) is 9.59 Å². The molecular weight excluding hydrogens is 418 g/mol. The Morgan fingerprint density at radius 1 is 0.939 bits per heavy atom. The fourth-order valence-electron chi connectivity index (χ4n) is 4.42. The van der Waals surface area contributed by atoms with Crippen LogP contribution in [-0.2, 0) is 4.79 Å². The van der Waals surface area contributed by atoms with Gasteiger partial charge in [0.1, 0.15) is 0 Å². The molecule has 2 heterocycles. The van der Waals surface area contributed by atoms with Crippen molar-refractivity contribution in [2.24, 2.45) is 0 Å². The van der Waals surface area contributed by atoms with Crippen LogP contribution in [0.25, 0.3) is 0 Å². The fraction of sp³-hybridized carbons (Fsp3) is 0.462. The van der Waals surface area contributed by atoms with E-state index in [0.717, 1.165) is 38.0 Å². The molecule has 1 N–H and O–H groups in total. The van der Waals surface area contributed by atoms with Crippen LogP contribution in [0.4, 0.5) is 5.69 Å². The van der Waals surface area contributed by atoms with Gasteiger partial charge in [0.2, 0.25) is 0 Å². The van der Waals surface area contributed by atoms with Crippen LogP contribution in [0.15, 0.2) is 48.5 Å². The van der Waals surface area contributed by atoms with Crippen molar-refractivity contribution in [3.8, 4) is 11.5 Å². The van der Waals surface area contributed by atoms with Gasteiger partial charge >= 0.3 is 0 Å². The monoisotopic (exact) mass is 451 g/mol. The SMILES string of the molecule is CCOc1cc(C(=O)N2CCC(Nc3ccccc3)C2)ccc1OCC(=O)N1CCCCC1. The molecule has 0 spiro atoms. The van der Waals surface area contributed by atoms with Crippen molar-refractivity contribution >= 4 is 17.5 Å². The van der Waals surface area contributed by atoms with Gasteiger partial charge in [0.25, 0.3) is 11.8 Å². The molecule has 0 saturated carbocycles. The molecule has 33 heavy (non-hydrogen) atoms. The lowest BCUT2D eigenvalue weighted by molar-refractivity contribution is -0.134. The average molecular weight is 452 g/mol. The Labute approximate surface area is 195 Å². The van der Waals surface area contributed by atoms with Crippen LogP contribution >= 0.6 is 0 Å². The second kappa shape index (κ2) is 11.1. The predicted molar refractivity (Wildman–Crippen MR) is 128 cm³/mol. The highest BCUT2D eigenvalue weighted by Crippen LogP contribution is 2.30. The number of amides is 2. The Kier molecular flexibility index (Phi) is 7.70. The predicted octanol–water partition coefficient (Wildman–Crippen LogP) is 3.80. The number of carbonyl (C=O) groups excluding carboxylic acids is 2. The first-order valence-corrected chi connectivity index (χ1v) is 11.9. The molecule has 2 saturated heterocycles. The number of piperidine rings is 1. The summed E-state index contributed by atoms with van der Waals surface area (Å²) < 4.78 is 11.5. The molecule has 2 aliphatic heterocycles. The van der Waals surface area contributed by atoms with Gasteiger partial charge in [0.05, 0.1) is 6.61 Å². The number of carbonyl (C=O) groups is 2.